The fourth-order valence-electron chi connectivity index (χ4n) is 1.36. The molecule has 0 saturated carbocycles. The maximum atomic E-state index is 7.39. The van der Waals surface area contributed by atoms with Crippen LogP contribution in [0.15, 0.2) is 12.1 Å². The third-order valence-electron chi connectivity index (χ3n) is 2.11. The molecule has 0 atom stereocenters. The Hall–Kier alpha value is -1.62. The molecular formula is C13H21N3O2. The monoisotopic (exact) mass is 251 g/mol. The standard InChI is InChI=1S/C13H21N3O2/c1-9-7-10(12(14)15)8-11(16-9)17-5-6-18-13(2,3)4/h7-8H,5-6H2,1-4H3,(H3,14,15). The van der Waals surface area contributed by atoms with E-state index in [9.17, 15) is 0 Å². The fourth-order valence-corrected chi connectivity index (χ4v) is 1.36. The summed E-state index contributed by atoms with van der Waals surface area (Å²) >= 11 is 0. The van der Waals surface area contributed by atoms with Gasteiger partial charge in [-0.3, -0.25) is 5.41 Å². The number of pyridine rings is 1. The number of nitrogens with one attached hydrogen (secondary N) is 1. The highest BCUT2D eigenvalue weighted by Crippen LogP contribution is 2.12. The first-order valence-corrected chi connectivity index (χ1v) is 5.88. The molecule has 0 aliphatic heterocycles. The van der Waals surface area contributed by atoms with Crippen LogP contribution >= 0.6 is 0 Å². The molecule has 1 rings (SSSR count). The van der Waals surface area contributed by atoms with Gasteiger partial charge in [-0.25, -0.2) is 4.98 Å². The first-order chi connectivity index (χ1) is 8.28. The van der Waals surface area contributed by atoms with Crippen molar-refractivity contribution < 1.29 is 9.47 Å². The molecule has 0 aliphatic carbocycles. The molecule has 0 aliphatic rings. The summed E-state index contributed by atoms with van der Waals surface area (Å²) in [6, 6.07) is 3.41. The highest BCUT2D eigenvalue weighted by Gasteiger charge is 2.09. The molecule has 0 unspecified atom stereocenters. The van der Waals surface area contributed by atoms with E-state index in [4.69, 9.17) is 20.6 Å². The van der Waals surface area contributed by atoms with Crippen LogP contribution in [0.25, 0.3) is 0 Å². The topological polar surface area (TPSA) is 81.2 Å². The third-order valence-corrected chi connectivity index (χ3v) is 2.11. The number of nitrogens with zero attached hydrogens (tertiary/aromatic N) is 1. The van der Waals surface area contributed by atoms with Crippen molar-refractivity contribution in [3.63, 3.8) is 0 Å². The van der Waals surface area contributed by atoms with Crippen LogP contribution in [0.3, 0.4) is 0 Å². The maximum Gasteiger partial charge on any atom is 0.214 e. The van der Waals surface area contributed by atoms with Gasteiger partial charge in [0.05, 0.1) is 12.2 Å². The number of aryl methyl sites for hydroxylation is 1. The van der Waals surface area contributed by atoms with Crippen molar-refractivity contribution in [1.82, 2.24) is 4.98 Å². The van der Waals surface area contributed by atoms with Gasteiger partial charge in [0.2, 0.25) is 5.88 Å². The molecule has 1 aromatic heterocycles. The van der Waals surface area contributed by atoms with Gasteiger partial charge in [0.15, 0.2) is 0 Å². The fraction of sp³-hybridized carbons (Fsp3) is 0.538. The van der Waals surface area contributed by atoms with Crippen LogP contribution in [-0.2, 0) is 4.74 Å². The maximum absolute atomic E-state index is 7.39. The van der Waals surface area contributed by atoms with Crippen molar-refractivity contribution in [3.05, 3.63) is 23.4 Å². The molecule has 18 heavy (non-hydrogen) atoms. The van der Waals surface area contributed by atoms with E-state index >= 15 is 0 Å². The largest absolute Gasteiger partial charge is 0.475 e. The number of hydrogen-bond donors (Lipinski definition) is 2. The summed E-state index contributed by atoms with van der Waals surface area (Å²) in [6.07, 6.45) is 0. The predicted molar refractivity (Wildman–Crippen MR) is 71.2 cm³/mol. The minimum atomic E-state index is -0.173. The van der Waals surface area contributed by atoms with Gasteiger partial charge < -0.3 is 15.2 Å². The number of rotatable bonds is 5. The van der Waals surface area contributed by atoms with E-state index in [0.717, 1.165) is 5.69 Å². The van der Waals surface area contributed by atoms with Gasteiger partial charge in [0.1, 0.15) is 12.4 Å². The number of ether oxygens (including phenoxy) is 2. The van der Waals surface area contributed by atoms with Gasteiger partial charge in [0.25, 0.3) is 0 Å². The molecular weight excluding hydrogens is 230 g/mol. The highest BCUT2D eigenvalue weighted by atomic mass is 16.5. The molecule has 0 bridgehead atoms. The van der Waals surface area contributed by atoms with Gasteiger partial charge >= 0.3 is 0 Å². The highest BCUT2D eigenvalue weighted by molar-refractivity contribution is 5.95. The Morgan fingerprint density at radius 2 is 2.00 bits per heavy atom. The summed E-state index contributed by atoms with van der Waals surface area (Å²) < 4.78 is 11.0. The van der Waals surface area contributed by atoms with Gasteiger partial charge in [-0.1, -0.05) is 0 Å². The molecule has 5 nitrogen and oxygen atoms in total. The molecule has 5 heteroatoms. The van der Waals surface area contributed by atoms with Crippen molar-refractivity contribution in [1.29, 1.82) is 5.41 Å². The smallest absolute Gasteiger partial charge is 0.214 e. The lowest BCUT2D eigenvalue weighted by atomic mass is 10.2. The Morgan fingerprint density at radius 3 is 2.56 bits per heavy atom. The first kappa shape index (κ1) is 14.4. The number of amidine groups is 1. The molecule has 1 aromatic rings. The summed E-state index contributed by atoms with van der Waals surface area (Å²) in [5.74, 6) is 0.481. The quantitative estimate of drug-likeness (QED) is 0.475. The SMILES string of the molecule is Cc1cc(C(=N)N)cc(OCCOC(C)(C)C)n1. The lowest BCUT2D eigenvalue weighted by Gasteiger charge is -2.19. The van der Waals surface area contributed by atoms with Crippen LogP contribution in [0, 0.1) is 12.3 Å². The van der Waals surface area contributed by atoms with Crippen molar-refractivity contribution in [2.45, 2.75) is 33.3 Å². The van der Waals surface area contributed by atoms with Crippen molar-refractivity contribution >= 4 is 5.84 Å². The van der Waals surface area contributed by atoms with Gasteiger partial charge in [-0.15, -0.1) is 0 Å². The number of nitrogen functional groups attached to an aromatic ring is 1. The first-order valence-electron chi connectivity index (χ1n) is 5.88. The second-order valence-electron chi connectivity index (χ2n) is 5.06. The lowest BCUT2D eigenvalue weighted by Crippen LogP contribution is -2.22. The van der Waals surface area contributed by atoms with Gasteiger partial charge in [0, 0.05) is 17.3 Å². The van der Waals surface area contributed by atoms with Crippen molar-refractivity contribution in [2.75, 3.05) is 13.2 Å². The molecule has 100 valence electrons. The van der Waals surface area contributed by atoms with Crippen LogP contribution in [0.4, 0.5) is 0 Å². The molecule has 0 amide bonds. The van der Waals surface area contributed by atoms with E-state index in [1.165, 1.54) is 0 Å². The zero-order valence-corrected chi connectivity index (χ0v) is 11.4. The molecule has 0 fully saturated rings. The van der Waals surface area contributed by atoms with E-state index in [1.807, 2.05) is 27.7 Å². The van der Waals surface area contributed by atoms with Crippen LogP contribution < -0.4 is 10.5 Å². The van der Waals surface area contributed by atoms with Crippen molar-refractivity contribution in [2.24, 2.45) is 5.73 Å². The second-order valence-corrected chi connectivity index (χ2v) is 5.06. The van der Waals surface area contributed by atoms with Crippen molar-refractivity contribution in [3.8, 4) is 5.88 Å². The summed E-state index contributed by atoms with van der Waals surface area (Å²) in [5, 5.41) is 7.39. The lowest BCUT2D eigenvalue weighted by molar-refractivity contribution is -0.0168. The Bertz CT molecular complexity index is 425. The Balaban J connectivity index is 2.55. The summed E-state index contributed by atoms with van der Waals surface area (Å²) in [5.41, 5.74) is 6.66. The van der Waals surface area contributed by atoms with Gasteiger partial charge in [-0.05, 0) is 33.8 Å². The average molecular weight is 251 g/mol. The third kappa shape index (κ3) is 5.14. The average Bonchev–Trinajstić information content (AvgIpc) is 2.22. The molecule has 1 heterocycles. The molecule has 0 aromatic carbocycles. The zero-order chi connectivity index (χ0) is 13.8. The number of nitrogens with two attached hydrogens (primary N) is 1. The van der Waals surface area contributed by atoms with E-state index in [1.54, 1.807) is 12.1 Å². The summed E-state index contributed by atoms with van der Waals surface area (Å²) in [7, 11) is 0. The van der Waals surface area contributed by atoms with E-state index in [2.05, 4.69) is 4.98 Å². The number of hydrogen-bond acceptors (Lipinski definition) is 4. The summed E-state index contributed by atoms with van der Waals surface area (Å²) in [4.78, 5) is 4.22. The predicted octanol–water partition coefficient (Wildman–Crippen LogP) is 1.87. The van der Waals surface area contributed by atoms with Crippen LogP contribution in [0.2, 0.25) is 0 Å². The molecule has 0 spiro atoms. The van der Waals surface area contributed by atoms with Crippen LogP contribution in [0.5, 0.6) is 5.88 Å². The Labute approximate surface area is 108 Å². The van der Waals surface area contributed by atoms with Crippen LogP contribution in [0.1, 0.15) is 32.0 Å². The zero-order valence-electron chi connectivity index (χ0n) is 11.4. The van der Waals surface area contributed by atoms with E-state index in [0.29, 0.717) is 24.7 Å². The minimum Gasteiger partial charge on any atom is -0.475 e. The number of aromatic nitrogens is 1. The minimum absolute atomic E-state index is 0.0105. The van der Waals surface area contributed by atoms with Gasteiger partial charge in [-0.2, -0.15) is 0 Å². The molecule has 3 N–H and O–H groups in total. The van der Waals surface area contributed by atoms with E-state index < -0.39 is 0 Å². The normalized spacial score (nSPS) is 11.3. The molecule has 0 saturated heterocycles. The Kier molecular flexibility index (Phi) is 4.67. The van der Waals surface area contributed by atoms with E-state index in [-0.39, 0.29) is 11.4 Å². The molecule has 0 radical (unpaired) electrons. The Morgan fingerprint density at radius 1 is 1.33 bits per heavy atom. The second kappa shape index (κ2) is 5.82. The van der Waals surface area contributed by atoms with Crippen LogP contribution in [-0.4, -0.2) is 29.6 Å². The summed E-state index contributed by atoms with van der Waals surface area (Å²) in [6.45, 7) is 8.73.